The largest absolute Gasteiger partial charge is 0.490 e. The van der Waals surface area contributed by atoms with Crippen molar-refractivity contribution in [2.75, 3.05) is 13.7 Å². The van der Waals surface area contributed by atoms with E-state index in [1.165, 1.54) is 7.11 Å². The number of esters is 1. The highest BCUT2D eigenvalue weighted by molar-refractivity contribution is 9.10. The number of ether oxygens (including phenoxy) is 3. The molecule has 0 bridgehead atoms. The van der Waals surface area contributed by atoms with Gasteiger partial charge in [-0.05, 0) is 41.9 Å². The van der Waals surface area contributed by atoms with Crippen molar-refractivity contribution in [3.05, 3.63) is 22.2 Å². The molecule has 0 unspecified atom stereocenters. The van der Waals surface area contributed by atoms with Crippen LogP contribution in [0.4, 0.5) is 0 Å². The Bertz CT molecular complexity index is 472. The van der Waals surface area contributed by atoms with Crippen LogP contribution in [0.15, 0.2) is 16.6 Å². The molecule has 1 aromatic carbocycles. The SMILES string of the molecule is CCOc1cc(C=O)cc(Br)c1O[C@@H](C)C(=O)OC. The number of methoxy groups -OCH3 is 1. The van der Waals surface area contributed by atoms with Crippen molar-refractivity contribution in [2.24, 2.45) is 0 Å². The average Bonchev–Trinajstić information content (AvgIpc) is 2.41. The fourth-order valence-corrected chi connectivity index (χ4v) is 1.98. The van der Waals surface area contributed by atoms with Crippen LogP contribution in [0.2, 0.25) is 0 Å². The molecule has 5 nitrogen and oxygen atoms in total. The molecule has 0 aromatic heterocycles. The van der Waals surface area contributed by atoms with E-state index in [0.717, 1.165) is 0 Å². The number of hydrogen-bond acceptors (Lipinski definition) is 5. The maximum Gasteiger partial charge on any atom is 0.346 e. The van der Waals surface area contributed by atoms with Gasteiger partial charge in [0.15, 0.2) is 17.6 Å². The molecular formula is C13H15BrO5. The molecular weight excluding hydrogens is 316 g/mol. The maximum absolute atomic E-state index is 11.4. The fraction of sp³-hybridized carbons (Fsp3) is 0.385. The van der Waals surface area contributed by atoms with Gasteiger partial charge in [-0.15, -0.1) is 0 Å². The van der Waals surface area contributed by atoms with Crippen molar-refractivity contribution in [2.45, 2.75) is 20.0 Å². The first-order valence-corrected chi connectivity index (χ1v) is 6.48. The van der Waals surface area contributed by atoms with E-state index in [2.05, 4.69) is 20.7 Å². The molecule has 0 aliphatic rings. The lowest BCUT2D eigenvalue weighted by molar-refractivity contribution is -0.147. The summed E-state index contributed by atoms with van der Waals surface area (Å²) in [6.07, 6.45) is -0.0663. The summed E-state index contributed by atoms with van der Waals surface area (Å²) in [5.41, 5.74) is 0.452. The smallest absolute Gasteiger partial charge is 0.346 e. The van der Waals surface area contributed by atoms with Crippen molar-refractivity contribution in [1.82, 2.24) is 0 Å². The van der Waals surface area contributed by atoms with E-state index in [-0.39, 0.29) is 0 Å². The Hall–Kier alpha value is -1.56. The van der Waals surface area contributed by atoms with E-state index >= 15 is 0 Å². The second-order valence-electron chi connectivity index (χ2n) is 3.66. The van der Waals surface area contributed by atoms with Gasteiger partial charge in [0.25, 0.3) is 0 Å². The molecule has 0 N–H and O–H groups in total. The standard InChI is InChI=1S/C13H15BrO5/c1-4-18-11-6-9(7-15)5-10(14)12(11)19-8(2)13(16)17-3/h5-8H,4H2,1-3H3/t8-/m0/s1. The Morgan fingerprint density at radius 2 is 2.16 bits per heavy atom. The number of carbonyl (C=O) groups is 2. The van der Waals surface area contributed by atoms with Crippen LogP contribution >= 0.6 is 15.9 Å². The maximum atomic E-state index is 11.4. The third-order valence-electron chi connectivity index (χ3n) is 2.30. The van der Waals surface area contributed by atoms with Crippen LogP contribution in [-0.2, 0) is 9.53 Å². The molecule has 19 heavy (non-hydrogen) atoms. The van der Waals surface area contributed by atoms with Gasteiger partial charge in [-0.3, -0.25) is 4.79 Å². The highest BCUT2D eigenvalue weighted by Crippen LogP contribution is 2.37. The fourth-order valence-electron chi connectivity index (χ4n) is 1.42. The number of halogens is 1. The zero-order chi connectivity index (χ0) is 14.4. The lowest BCUT2D eigenvalue weighted by Gasteiger charge is -2.17. The predicted molar refractivity (Wildman–Crippen MR) is 72.8 cm³/mol. The molecule has 0 saturated carbocycles. The Morgan fingerprint density at radius 3 is 2.68 bits per heavy atom. The molecule has 0 amide bonds. The van der Waals surface area contributed by atoms with E-state index in [9.17, 15) is 9.59 Å². The second-order valence-corrected chi connectivity index (χ2v) is 4.52. The summed E-state index contributed by atoms with van der Waals surface area (Å²) < 4.78 is 16.1. The van der Waals surface area contributed by atoms with E-state index < -0.39 is 12.1 Å². The van der Waals surface area contributed by atoms with Crippen molar-refractivity contribution >= 4 is 28.2 Å². The van der Waals surface area contributed by atoms with Crippen LogP contribution in [0.5, 0.6) is 11.5 Å². The molecule has 0 aliphatic carbocycles. The first kappa shape index (κ1) is 15.5. The van der Waals surface area contributed by atoms with E-state index in [1.54, 1.807) is 19.1 Å². The van der Waals surface area contributed by atoms with Gasteiger partial charge in [0.2, 0.25) is 0 Å². The minimum Gasteiger partial charge on any atom is -0.490 e. The van der Waals surface area contributed by atoms with Crippen molar-refractivity contribution < 1.29 is 23.8 Å². The lowest BCUT2D eigenvalue weighted by atomic mass is 10.2. The van der Waals surface area contributed by atoms with Crippen LogP contribution < -0.4 is 9.47 Å². The quantitative estimate of drug-likeness (QED) is 0.592. The summed E-state index contributed by atoms with van der Waals surface area (Å²) in [6.45, 7) is 3.80. The summed E-state index contributed by atoms with van der Waals surface area (Å²) in [6, 6.07) is 3.15. The summed E-state index contributed by atoms with van der Waals surface area (Å²) in [5, 5.41) is 0. The molecule has 0 spiro atoms. The molecule has 104 valence electrons. The summed E-state index contributed by atoms with van der Waals surface area (Å²) >= 11 is 3.29. The van der Waals surface area contributed by atoms with Gasteiger partial charge in [0.05, 0.1) is 18.2 Å². The summed E-state index contributed by atoms with van der Waals surface area (Å²) in [5.74, 6) is 0.272. The average molecular weight is 331 g/mol. The van der Waals surface area contributed by atoms with E-state index in [0.29, 0.717) is 34.4 Å². The number of carbonyl (C=O) groups excluding carboxylic acids is 2. The van der Waals surface area contributed by atoms with Gasteiger partial charge in [-0.25, -0.2) is 4.79 Å². The highest BCUT2D eigenvalue weighted by atomic mass is 79.9. The number of rotatable bonds is 6. The van der Waals surface area contributed by atoms with E-state index in [1.807, 2.05) is 6.92 Å². The van der Waals surface area contributed by atoms with Crippen molar-refractivity contribution in [1.29, 1.82) is 0 Å². The predicted octanol–water partition coefficient (Wildman–Crippen LogP) is 2.60. The third kappa shape index (κ3) is 3.96. The molecule has 1 aromatic rings. The normalized spacial score (nSPS) is 11.6. The molecule has 1 rings (SSSR count). The van der Waals surface area contributed by atoms with Crippen LogP contribution in [0.25, 0.3) is 0 Å². The van der Waals surface area contributed by atoms with Gasteiger partial charge < -0.3 is 14.2 Å². The summed E-state index contributed by atoms with van der Waals surface area (Å²) in [4.78, 5) is 22.2. The van der Waals surface area contributed by atoms with Crippen molar-refractivity contribution in [3.63, 3.8) is 0 Å². The summed E-state index contributed by atoms with van der Waals surface area (Å²) in [7, 11) is 1.29. The number of aldehydes is 1. The zero-order valence-electron chi connectivity index (χ0n) is 10.9. The number of hydrogen-bond donors (Lipinski definition) is 0. The van der Waals surface area contributed by atoms with Gasteiger partial charge in [-0.2, -0.15) is 0 Å². The highest BCUT2D eigenvalue weighted by Gasteiger charge is 2.20. The number of benzene rings is 1. The molecule has 0 saturated heterocycles. The Morgan fingerprint density at radius 1 is 1.47 bits per heavy atom. The van der Waals surface area contributed by atoms with Gasteiger partial charge >= 0.3 is 5.97 Å². The first-order valence-electron chi connectivity index (χ1n) is 5.69. The van der Waals surface area contributed by atoms with Crippen LogP contribution in [-0.4, -0.2) is 32.1 Å². The third-order valence-corrected chi connectivity index (χ3v) is 2.88. The minimum atomic E-state index is -0.775. The van der Waals surface area contributed by atoms with Crippen LogP contribution in [0.1, 0.15) is 24.2 Å². The van der Waals surface area contributed by atoms with Gasteiger partial charge in [0, 0.05) is 5.56 Å². The molecule has 0 radical (unpaired) electrons. The molecule has 0 aliphatic heterocycles. The molecule has 0 heterocycles. The van der Waals surface area contributed by atoms with Crippen LogP contribution in [0.3, 0.4) is 0 Å². The Balaban J connectivity index is 3.10. The molecule has 6 heteroatoms. The zero-order valence-corrected chi connectivity index (χ0v) is 12.5. The topological polar surface area (TPSA) is 61.8 Å². The Labute approximate surface area is 120 Å². The minimum absolute atomic E-state index is 0.366. The monoisotopic (exact) mass is 330 g/mol. The van der Waals surface area contributed by atoms with Crippen molar-refractivity contribution in [3.8, 4) is 11.5 Å². The van der Waals surface area contributed by atoms with E-state index in [4.69, 9.17) is 9.47 Å². The lowest BCUT2D eigenvalue weighted by Crippen LogP contribution is -2.25. The Kier molecular flexibility index (Phi) is 5.82. The van der Waals surface area contributed by atoms with Gasteiger partial charge in [0.1, 0.15) is 6.29 Å². The first-order chi connectivity index (χ1) is 9.03. The molecule has 0 fully saturated rings. The van der Waals surface area contributed by atoms with Crippen LogP contribution in [0, 0.1) is 0 Å². The second kappa shape index (κ2) is 7.13. The molecule has 1 atom stereocenters. The van der Waals surface area contributed by atoms with Gasteiger partial charge in [-0.1, -0.05) is 0 Å².